The fourth-order valence-corrected chi connectivity index (χ4v) is 6.79. The number of fused-ring (bicyclic) bond motifs is 4. The highest BCUT2D eigenvalue weighted by atomic mass is 14.2. The Kier molecular flexibility index (Phi) is 5.38. The average molecular weight is 509 g/mol. The maximum Gasteiger partial charge on any atom is -0.00199 e. The SMILES string of the molecule is C1=Cc2c(cccc2-c2c3ccccc3c(-c3ccc4ccccc4c3-c3ccccc3)c3ccccc23)CC1. The van der Waals surface area contributed by atoms with Crippen LogP contribution < -0.4 is 0 Å². The molecule has 188 valence electrons. The third kappa shape index (κ3) is 3.53. The van der Waals surface area contributed by atoms with Gasteiger partial charge in [0, 0.05) is 0 Å². The lowest BCUT2D eigenvalue weighted by molar-refractivity contribution is 0.987. The molecular weight excluding hydrogens is 480 g/mol. The molecule has 1 aliphatic rings. The smallest absolute Gasteiger partial charge is 0.00199 e. The van der Waals surface area contributed by atoms with Crippen molar-refractivity contribution in [2.45, 2.75) is 12.8 Å². The van der Waals surface area contributed by atoms with Crippen molar-refractivity contribution in [3.63, 3.8) is 0 Å². The Labute approximate surface area is 234 Å². The zero-order chi connectivity index (χ0) is 26.5. The summed E-state index contributed by atoms with van der Waals surface area (Å²) in [6.07, 6.45) is 6.88. The average Bonchev–Trinajstić information content (AvgIpc) is 3.03. The maximum absolute atomic E-state index is 2.34. The molecule has 0 aliphatic heterocycles. The van der Waals surface area contributed by atoms with Crippen LogP contribution in [0.4, 0.5) is 0 Å². The molecule has 0 spiro atoms. The van der Waals surface area contributed by atoms with Gasteiger partial charge in [0.15, 0.2) is 0 Å². The first-order valence-corrected chi connectivity index (χ1v) is 14.2. The molecule has 0 aromatic heterocycles. The summed E-state index contributed by atoms with van der Waals surface area (Å²) >= 11 is 0. The van der Waals surface area contributed by atoms with Crippen molar-refractivity contribution in [2.75, 3.05) is 0 Å². The van der Waals surface area contributed by atoms with E-state index in [2.05, 4.69) is 146 Å². The Bertz CT molecular complexity index is 2040. The molecule has 0 heterocycles. The molecule has 0 saturated carbocycles. The van der Waals surface area contributed by atoms with Gasteiger partial charge in [0.2, 0.25) is 0 Å². The summed E-state index contributed by atoms with van der Waals surface area (Å²) in [5, 5.41) is 7.73. The van der Waals surface area contributed by atoms with Crippen LogP contribution in [0.5, 0.6) is 0 Å². The maximum atomic E-state index is 2.34. The predicted octanol–water partition coefficient (Wildman–Crippen LogP) is 11.1. The molecule has 40 heavy (non-hydrogen) atoms. The first-order valence-electron chi connectivity index (χ1n) is 14.2. The van der Waals surface area contributed by atoms with Crippen molar-refractivity contribution in [3.8, 4) is 33.4 Å². The number of benzene rings is 7. The monoisotopic (exact) mass is 508 g/mol. The lowest BCUT2D eigenvalue weighted by atomic mass is 9.81. The zero-order valence-corrected chi connectivity index (χ0v) is 22.3. The van der Waals surface area contributed by atoms with Gasteiger partial charge in [-0.3, -0.25) is 0 Å². The molecule has 0 fully saturated rings. The minimum Gasteiger partial charge on any atom is -0.0836 e. The van der Waals surface area contributed by atoms with E-state index in [0.717, 1.165) is 12.8 Å². The Morgan fingerprint density at radius 1 is 0.400 bits per heavy atom. The first-order chi connectivity index (χ1) is 19.9. The summed E-state index contributed by atoms with van der Waals surface area (Å²) in [4.78, 5) is 0. The van der Waals surface area contributed by atoms with E-state index in [9.17, 15) is 0 Å². The summed E-state index contributed by atoms with van der Waals surface area (Å²) in [7, 11) is 0. The first kappa shape index (κ1) is 23.0. The largest absolute Gasteiger partial charge is 0.0836 e. The lowest BCUT2D eigenvalue weighted by Gasteiger charge is -2.22. The van der Waals surface area contributed by atoms with Gasteiger partial charge in [0.1, 0.15) is 0 Å². The summed E-state index contributed by atoms with van der Waals surface area (Å²) in [6, 6.07) is 49.1. The minimum absolute atomic E-state index is 1.10. The lowest BCUT2D eigenvalue weighted by Crippen LogP contribution is -1.98. The van der Waals surface area contributed by atoms with Crippen LogP contribution in [0.3, 0.4) is 0 Å². The third-order valence-electron chi connectivity index (χ3n) is 8.52. The van der Waals surface area contributed by atoms with E-state index < -0.39 is 0 Å². The van der Waals surface area contributed by atoms with Crippen LogP contribution in [0, 0.1) is 0 Å². The molecule has 0 unspecified atom stereocenters. The van der Waals surface area contributed by atoms with E-state index in [4.69, 9.17) is 0 Å². The van der Waals surface area contributed by atoms with Crippen molar-refractivity contribution in [1.29, 1.82) is 0 Å². The normalized spacial score (nSPS) is 12.7. The van der Waals surface area contributed by atoms with Gasteiger partial charge in [0.25, 0.3) is 0 Å². The van der Waals surface area contributed by atoms with E-state index in [1.54, 1.807) is 0 Å². The number of hydrogen-bond acceptors (Lipinski definition) is 0. The molecule has 0 heteroatoms. The van der Waals surface area contributed by atoms with Crippen LogP contribution in [-0.2, 0) is 6.42 Å². The topological polar surface area (TPSA) is 0 Å². The molecule has 8 rings (SSSR count). The van der Waals surface area contributed by atoms with Crippen molar-refractivity contribution in [2.24, 2.45) is 0 Å². The van der Waals surface area contributed by atoms with Crippen molar-refractivity contribution >= 4 is 38.4 Å². The van der Waals surface area contributed by atoms with Gasteiger partial charge in [-0.1, -0.05) is 146 Å². The van der Waals surface area contributed by atoms with Crippen LogP contribution in [0.2, 0.25) is 0 Å². The number of hydrogen-bond donors (Lipinski definition) is 0. The van der Waals surface area contributed by atoms with Crippen molar-refractivity contribution < 1.29 is 0 Å². The van der Waals surface area contributed by atoms with Crippen LogP contribution in [0.1, 0.15) is 17.5 Å². The van der Waals surface area contributed by atoms with Crippen LogP contribution in [-0.4, -0.2) is 0 Å². The Morgan fingerprint density at radius 3 is 1.70 bits per heavy atom. The van der Waals surface area contributed by atoms with Gasteiger partial charge in [-0.25, -0.2) is 0 Å². The van der Waals surface area contributed by atoms with E-state index >= 15 is 0 Å². The molecule has 0 bridgehead atoms. The second kappa shape index (κ2) is 9.36. The quantitative estimate of drug-likeness (QED) is 0.208. The van der Waals surface area contributed by atoms with E-state index in [0.29, 0.717) is 0 Å². The highest BCUT2D eigenvalue weighted by molar-refractivity contribution is 6.24. The Balaban J connectivity index is 1.55. The Morgan fingerprint density at radius 2 is 1.00 bits per heavy atom. The summed E-state index contributed by atoms with van der Waals surface area (Å²) < 4.78 is 0. The van der Waals surface area contributed by atoms with Gasteiger partial charge in [-0.2, -0.15) is 0 Å². The minimum atomic E-state index is 1.10. The molecule has 0 saturated heterocycles. The molecule has 0 atom stereocenters. The fourth-order valence-electron chi connectivity index (χ4n) is 6.79. The number of rotatable bonds is 3. The second-order valence-corrected chi connectivity index (χ2v) is 10.7. The van der Waals surface area contributed by atoms with Crippen LogP contribution >= 0.6 is 0 Å². The van der Waals surface area contributed by atoms with Crippen LogP contribution in [0.25, 0.3) is 71.8 Å². The van der Waals surface area contributed by atoms with E-state index in [-0.39, 0.29) is 0 Å². The Hall–Kier alpha value is -4.94. The van der Waals surface area contributed by atoms with Gasteiger partial charge in [-0.15, -0.1) is 0 Å². The van der Waals surface area contributed by atoms with E-state index in [1.807, 2.05) is 0 Å². The number of aryl methyl sites for hydroxylation is 1. The molecule has 7 aromatic carbocycles. The van der Waals surface area contributed by atoms with Gasteiger partial charge >= 0.3 is 0 Å². The summed E-state index contributed by atoms with van der Waals surface area (Å²) in [5.74, 6) is 0. The van der Waals surface area contributed by atoms with Gasteiger partial charge in [-0.05, 0) is 89.7 Å². The molecule has 0 nitrogen and oxygen atoms in total. The fraction of sp³-hybridized carbons (Fsp3) is 0.0500. The highest BCUT2D eigenvalue weighted by Crippen LogP contribution is 2.48. The zero-order valence-electron chi connectivity index (χ0n) is 22.3. The summed E-state index contributed by atoms with van der Waals surface area (Å²) in [5.41, 5.74) is 10.6. The predicted molar refractivity (Wildman–Crippen MR) is 173 cm³/mol. The molecule has 0 amide bonds. The van der Waals surface area contributed by atoms with Crippen molar-refractivity contribution in [3.05, 3.63) is 151 Å². The molecule has 7 aromatic rings. The molecule has 0 N–H and O–H groups in total. The molecule has 1 aliphatic carbocycles. The third-order valence-corrected chi connectivity index (χ3v) is 8.52. The van der Waals surface area contributed by atoms with Gasteiger partial charge in [0.05, 0.1) is 0 Å². The second-order valence-electron chi connectivity index (χ2n) is 10.7. The molecule has 0 radical (unpaired) electrons. The highest BCUT2D eigenvalue weighted by Gasteiger charge is 2.21. The van der Waals surface area contributed by atoms with Crippen LogP contribution in [0.15, 0.2) is 140 Å². The van der Waals surface area contributed by atoms with Gasteiger partial charge < -0.3 is 0 Å². The summed E-state index contributed by atoms with van der Waals surface area (Å²) in [6.45, 7) is 0. The number of allylic oxidation sites excluding steroid dienone is 1. The standard InChI is InChI=1S/C40H28/c1-2-15-29(16-3-1)38-31-19-7-5-14-28(31)25-26-37(38)40-35-22-10-8-20-33(35)39(34-21-9-11-23-36(34)40)32-24-12-17-27-13-4-6-18-30(27)32/h1-3,5-12,14-26H,4,13H2. The van der Waals surface area contributed by atoms with Crippen molar-refractivity contribution in [1.82, 2.24) is 0 Å². The molecular formula is C40H28. The van der Waals surface area contributed by atoms with E-state index in [1.165, 1.54) is 76.8 Å².